The van der Waals surface area contributed by atoms with E-state index in [1.165, 1.54) is 11.2 Å². The summed E-state index contributed by atoms with van der Waals surface area (Å²) >= 11 is 0. The van der Waals surface area contributed by atoms with Crippen molar-refractivity contribution in [3.05, 3.63) is 59.2 Å². The van der Waals surface area contributed by atoms with Crippen molar-refractivity contribution in [3.8, 4) is 5.75 Å². The molecule has 172 valence electrons. The summed E-state index contributed by atoms with van der Waals surface area (Å²) in [5, 5.41) is 1.27. The fraction of sp³-hybridized carbons (Fsp3) is 0.458. The monoisotopic (exact) mass is 442 g/mol. The van der Waals surface area contributed by atoms with Gasteiger partial charge in [-0.1, -0.05) is 6.92 Å². The Kier molecular flexibility index (Phi) is 7.66. The van der Waals surface area contributed by atoms with Crippen LogP contribution in [-0.4, -0.2) is 35.1 Å². The van der Waals surface area contributed by atoms with Crippen molar-refractivity contribution < 1.29 is 18.7 Å². The molecule has 0 aliphatic heterocycles. The van der Waals surface area contributed by atoms with Crippen LogP contribution in [0.5, 0.6) is 5.75 Å². The fourth-order valence-electron chi connectivity index (χ4n) is 4.73. The summed E-state index contributed by atoms with van der Waals surface area (Å²) in [5.41, 5.74) is 10.4. The third kappa shape index (κ3) is 5.18. The number of urea groups is 1. The quantitative estimate of drug-likeness (QED) is 0.514. The lowest BCUT2D eigenvalue weighted by atomic mass is 9.74. The van der Waals surface area contributed by atoms with Crippen LogP contribution in [0.1, 0.15) is 66.4 Å². The number of hydrazine groups is 1. The second kappa shape index (κ2) is 10.4. The number of nitrogens with one attached hydrogen (secondary N) is 1. The van der Waals surface area contributed by atoms with E-state index >= 15 is 0 Å². The summed E-state index contributed by atoms with van der Waals surface area (Å²) < 4.78 is 19.0. The van der Waals surface area contributed by atoms with Crippen molar-refractivity contribution >= 4 is 11.9 Å². The van der Waals surface area contributed by atoms with Gasteiger partial charge < -0.3 is 10.5 Å². The minimum absolute atomic E-state index is 0.187. The van der Waals surface area contributed by atoms with Crippen LogP contribution in [-0.2, 0) is 0 Å². The molecular weight excluding hydrogens is 411 g/mol. The molecule has 2 aromatic rings. The number of carbonyl (C=O) groups is 2. The summed E-state index contributed by atoms with van der Waals surface area (Å²) in [6, 6.07) is 7.63. The van der Waals surface area contributed by atoms with Crippen LogP contribution < -0.4 is 15.9 Å². The van der Waals surface area contributed by atoms with Crippen molar-refractivity contribution in [2.45, 2.75) is 57.9 Å². The van der Waals surface area contributed by atoms with Crippen molar-refractivity contribution in [2.75, 3.05) is 7.11 Å². The summed E-state index contributed by atoms with van der Waals surface area (Å²) in [6.07, 6.45) is 5.64. The predicted molar refractivity (Wildman–Crippen MR) is 120 cm³/mol. The van der Waals surface area contributed by atoms with E-state index in [0.717, 1.165) is 31.2 Å². The number of pyridine rings is 1. The number of methoxy groups -OCH3 is 1. The third-order valence-corrected chi connectivity index (χ3v) is 6.50. The Hall–Kier alpha value is -3.16. The first-order valence-corrected chi connectivity index (χ1v) is 11.0. The first-order chi connectivity index (χ1) is 15.3. The van der Waals surface area contributed by atoms with E-state index in [1.807, 2.05) is 13.0 Å². The largest absolute Gasteiger partial charge is 0.497 e. The van der Waals surface area contributed by atoms with Gasteiger partial charge in [-0.2, -0.15) is 4.39 Å². The number of primary amides is 1. The molecule has 1 aliphatic rings. The van der Waals surface area contributed by atoms with E-state index in [-0.39, 0.29) is 17.9 Å². The average Bonchev–Trinajstić information content (AvgIpc) is 2.81. The number of carbonyl (C=O) groups excluding carboxylic acids is 2. The Labute approximate surface area is 188 Å². The summed E-state index contributed by atoms with van der Waals surface area (Å²) in [5.74, 6) is 0.267. The second-order valence-corrected chi connectivity index (χ2v) is 8.28. The minimum Gasteiger partial charge on any atom is -0.497 e. The van der Waals surface area contributed by atoms with Crippen molar-refractivity contribution in [2.24, 2.45) is 11.7 Å². The first kappa shape index (κ1) is 23.5. The van der Waals surface area contributed by atoms with E-state index in [2.05, 4.69) is 10.4 Å². The fourth-order valence-corrected chi connectivity index (χ4v) is 4.73. The second-order valence-electron chi connectivity index (χ2n) is 8.28. The molecule has 0 saturated heterocycles. The third-order valence-electron chi connectivity index (χ3n) is 6.50. The number of nitrogens with two attached hydrogens (primary N) is 1. The number of rotatable bonds is 6. The van der Waals surface area contributed by atoms with Gasteiger partial charge in [0.05, 0.1) is 13.2 Å². The highest BCUT2D eigenvalue weighted by molar-refractivity contribution is 5.95. The van der Waals surface area contributed by atoms with E-state index in [4.69, 9.17) is 10.5 Å². The highest BCUT2D eigenvalue weighted by Crippen LogP contribution is 2.39. The lowest BCUT2D eigenvalue weighted by Crippen LogP contribution is -2.56. The Morgan fingerprint density at radius 2 is 1.88 bits per heavy atom. The Morgan fingerprint density at radius 1 is 1.22 bits per heavy atom. The predicted octanol–water partition coefficient (Wildman–Crippen LogP) is 4.32. The molecule has 1 aromatic carbocycles. The Morgan fingerprint density at radius 3 is 2.44 bits per heavy atom. The van der Waals surface area contributed by atoms with Crippen molar-refractivity contribution in [1.29, 1.82) is 0 Å². The molecule has 1 unspecified atom stereocenters. The molecule has 1 saturated carbocycles. The number of benzene rings is 1. The average molecular weight is 443 g/mol. The van der Waals surface area contributed by atoms with E-state index < -0.39 is 17.9 Å². The number of amides is 3. The summed E-state index contributed by atoms with van der Waals surface area (Å²) in [6.45, 7) is 3.75. The molecule has 3 rings (SSSR count). The van der Waals surface area contributed by atoms with Crippen LogP contribution in [0.25, 0.3) is 0 Å². The smallest absolute Gasteiger partial charge is 0.333 e. The number of aromatic nitrogens is 1. The Bertz CT molecular complexity index is 943. The van der Waals surface area contributed by atoms with E-state index in [0.29, 0.717) is 23.3 Å². The number of nitrogens with zero attached hydrogens (tertiary/aromatic N) is 2. The van der Waals surface area contributed by atoms with Gasteiger partial charge in [-0.3, -0.25) is 10.2 Å². The SMILES string of the molecule is CCC(C1CCC(c2ccnc(F)c2C)CC1)N(NC(=O)c1ccc(OC)cc1)C(N)=O. The molecule has 0 bridgehead atoms. The summed E-state index contributed by atoms with van der Waals surface area (Å²) in [4.78, 5) is 28.7. The van der Waals surface area contributed by atoms with Crippen molar-refractivity contribution in [3.63, 3.8) is 0 Å². The molecule has 32 heavy (non-hydrogen) atoms. The highest BCUT2D eigenvalue weighted by Gasteiger charge is 2.34. The molecule has 0 radical (unpaired) electrons. The molecule has 1 fully saturated rings. The maximum atomic E-state index is 13.9. The van der Waals surface area contributed by atoms with Crippen LogP contribution in [0.4, 0.5) is 9.18 Å². The van der Waals surface area contributed by atoms with Gasteiger partial charge in [-0.05, 0) is 86.8 Å². The standard InChI is InChI=1S/C24H31FN4O3/c1-4-21(17-7-5-16(6-8-17)20-13-14-27-22(25)15(20)2)29(24(26)31)28-23(30)18-9-11-19(32-3)12-10-18/h9-14,16-17,21H,4-8H2,1-3H3,(H2,26,31)(H,28,30). The van der Waals surface area contributed by atoms with Crippen LogP contribution in [0, 0.1) is 18.8 Å². The van der Waals surface area contributed by atoms with Crippen molar-refractivity contribution in [1.82, 2.24) is 15.4 Å². The number of hydrogen-bond donors (Lipinski definition) is 2. The van der Waals surface area contributed by atoms with Gasteiger partial charge in [-0.15, -0.1) is 0 Å². The molecule has 8 heteroatoms. The van der Waals surface area contributed by atoms with Gasteiger partial charge in [0.1, 0.15) is 5.75 Å². The van der Waals surface area contributed by atoms with Crippen LogP contribution in [0.3, 0.4) is 0 Å². The molecule has 7 nitrogen and oxygen atoms in total. The zero-order valence-electron chi connectivity index (χ0n) is 18.8. The molecule has 1 atom stereocenters. The van der Waals surface area contributed by atoms with Gasteiger partial charge in [0.25, 0.3) is 5.91 Å². The molecule has 0 spiro atoms. The van der Waals surface area contributed by atoms with Gasteiger partial charge in [0.15, 0.2) is 0 Å². The lowest BCUT2D eigenvalue weighted by Gasteiger charge is -2.39. The lowest BCUT2D eigenvalue weighted by molar-refractivity contribution is 0.0642. The number of ether oxygens (including phenoxy) is 1. The topological polar surface area (TPSA) is 97.6 Å². The molecule has 1 heterocycles. The van der Waals surface area contributed by atoms with Gasteiger partial charge in [-0.25, -0.2) is 14.8 Å². The molecule has 3 amide bonds. The number of hydrogen-bond acceptors (Lipinski definition) is 4. The molecule has 3 N–H and O–H groups in total. The van der Waals surface area contributed by atoms with Gasteiger partial charge in [0, 0.05) is 17.3 Å². The molecule has 1 aliphatic carbocycles. The molecular formula is C24H31FN4O3. The zero-order chi connectivity index (χ0) is 23.3. The van der Waals surface area contributed by atoms with Gasteiger partial charge in [0.2, 0.25) is 5.95 Å². The molecule has 1 aromatic heterocycles. The highest BCUT2D eigenvalue weighted by atomic mass is 19.1. The van der Waals surface area contributed by atoms with Crippen LogP contribution >= 0.6 is 0 Å². The maximum absolute atomic E-state index is 13.9. The normalized spacial score (nSPS) is 19.1. The Balaban J connectivity index is 1.68. The minimum atomic E-state index is -0.687. The van der Waals surface area contributed by atoms with E-state index in [1.54, 1.807) is 38.3 Å². The van der Waals surface area contributed by atoms with Crippen LogP contribution in [0.2, 0.25) is 0 Å². The maximum Gasteiger partial charge on any atom is 0.333 e. The number of halogens is 1. The van der Waals surface area contributed by atoms with Crippen LogP contribution in [0.15, 0.2) is 36.5 Å². The van der Waals surface area contributed by atoms with E-state index in [9.17, 15) is 14.0 Å². The first-order valence-electron chi connectivity index (χ1n) is 11.0. The van der Waals surface area contributed by atoms with Gasteiger partial charge >= 0.3 is 6.03 Å². The zero-order valence-corrected chi connectivity index (χ0v) is 18.8. The summed E-state index contributed by atoms with van der Waals surface area (Å²) in [7, 11) is 1.55.